The Labute approximate surface area is 124 Å². The molecule has 0 aromatic carbocycles. The fourth-order valence-electron chi connectivity index (χ4n) is 1.14. The van der Waals surface area contributed by atoms with Gasteiger partial charge in [0, 0.05) is 17.6 Å². The second-order valence-electron chi connectivity index (χ2n) is 3.51. The molecule has 7 N–H and O–H groups in total. The van der Waals surface area contributed by atoms with E-state index in [0.717, 1.165) is 0 Å². The van der Waals surface area contributed by atoms with Crippen molar-refractivity contribution in [1.82, 2.24) is 9.71 Å². The van der Waals surface area contributed by atoms with E-state index in [-0.39, 0.29) is 12.4 Å². The lowest BCUT2D eigenvalue weighted by atomic mass is 10.5. The summed E-state index contributed by atoms with van der Waals surface area (Å²) in [5.41, 5.74) is 13.0. The Bertz CT molecular complexity index is 566. The van der Waals surface area contributed by atoms with Crippen molar-refractivity contribution in [3.63, 3.8) is 0 Å². The van der Waals surface area contributed by atoms with Gasteiger partial charge >= 0.3 is 0 Å². The highest BCUT2D eigenvalue weighted by molar-refractivity contribution is 7.99. The highest BCUT2D eigenvalue weighted by Gasteiger charge is 2.15. The first-order valence-corrected chi connectivity index (χ1v) is 8.73. The van der Waals surface area contributed by atoms with E-state index in [9.17, 15) is 13.2 Å². The number of nitrogens with zero attached hydrogens (tertiary/aromatic N) is 2. The molecule has 1 amide bonds. The van der Waals surface area contributed by atoms with Crippen molar-refractivity contribution in [3.05, 3.63) is 16.6 Å². The molecular formula is C8H14N6O3S3. The predicted octanol–water partition coefficient (Wildman–Crippen LogP) is -1.14. The lowest BCUT2D eigenvalue weighted by Gasteiger charge is -2.10. The quantitative estimate of drug-likeness (QED) is 0.360. The Balaban J connectivity index is 2.52. The highest BCUT2D eigenvalue weighted by Crippen LogP contribution is 2.30. The monoisotopic (exact) mass is 338 g/mol. The molecule has 0 spiro atoms. The normalized spacial score (nSPS) is 12.7. The van der Waals surface area contributed by atoms with Crippen LogP contribution in [0.1, 0.15) is 17.5 Å². The molecule has 1 aromatic heterocycles. The lowest BCUT2D eigenvalue weighted by molar-refractivity contribution is -0.118. The summed E-state index contributed by atoms with van der Waals surface area (Å²) >= 11 is 2.65. The van der Waals surface area contributed by atoms with Gasteiger partial charge in [0.25, 0.3) is 10.2 Å². The van der Waals surface area contributed by atoms with Crippen LogP contribution in [-0.2, 0) is 15.0 Å². The van der Waals surface area contributed by atoms with Crippen molar-refractivity contribution in [2.75, 3.05) is 5.75 Å². The van der Waals surface area contributed by atoms with Crippen molar-refractivity contribution in [2.45, 2.75) is 11.8 Å². The van der Waals surface area contributed by atoms with Crippen LogP contribution in [0, 0.1) is 0 Å². The molecule has 0 aliphatic heterocycles. The number of thioether (sulfide) groups is 1. The molecular weight excluding hydrogens is 324 g/mol. The van der Waals surface area contributed by atoms with E-state index < -0.39 is 21.5 Å². The molecule has 1 aromatic rings. The maximum Gasteiger partial charge on any atom is 0.298 e. The van der Waals surface area contributed by atoms with Crippen molar-refractivity contribution in [1.29, 1.82) is 0 Å². The number of aliphatic imine (C=N–C) groups is 1. The van der Waals surface area contributed by atoms with Crippen LogP contribution < -0.4 is 21.3 Å². The number of nitrogens with two attached hydrogens (primary N) is 3. The van der Waals surface area contributed by atoms with Crippen LogP contribution in [0.5, 0.6) is 0 Å². The Morgan fingerprint density at radius 3 is 2.75 bits per heavy atom. The number of nitrogens with one attached hydrogen (secondary N) is 1. The van der Waals surface area contributed by atoms with E-state index in [1.165, 1.54) is 23.1 Å². The first kappa shape index (κ1) is 16.7. The van der Waals surface area contributed by atoms with Crippen LogP contribution >= 0.6 is 23.1 Å². The Kier molecular flexibility index (Phi) is 6.19. The summed E-state index contributed by atoms with van der Waals surface area (Å²) in [7, 11) is -4.02. The molecule has 0 saturated heterocycles. The van der Waals surface area contributed by atoms with E-state index in [0.29, 0.717) is 11.4 Å². The first-order chi connectivity index (χ1) is 9.28. The number of carbonyl (C=O) groups is 1. The molecule has 12 heteroatoms. The van der Waals surface area contributed by atoms with Gasteiger partial charge < -0.3 is 11.5 Å². The molecule has 1 rings (SSSR count). The van der Waals surface area contributed by atoms with Gasteiger partial charge in [0.15, 0.2) is 5.96 Å². The van der Waals surface area contributed by atoms with Crippen molar-refractivity contribution in [3.8, 4) is 0 Å². The standard InChI is InChI=1S/C8H14N6O3S3/c9-8(10)13-7(5-3-18-4-12-5)19-2-1-6(15)14-20(11,16)17/h3-4,7H,1-2H2,(H,14,15)(H4,9,10,13)(H2,11,16,17). The van der Waals surface area contributed by atoms with Gasteiger partial charge in [-0.3, -0.25) is 4.79 Å². The van der Waals surface area contributed by atoms with Crippen molar-refractivity contribution < 1.29 is 13.2 Å². The predicted molar refractivity (Wildman–Crippen MR) is 79.0 cm³/mol. The van der Waals surface area contributed by atoms with Crippen LogP contribution in [0.25, 0.3) is 0 Å². The van der Waals surface area contributed by atoms with E-state index >= 15 is 0 Å². The molecule has 0 bridgehead atoms. The van der Waals surface area contributed by atoms with E-state index in [1.54, 1.807) is 15.6 Å². The van der Waals surface area contributed by atoms with E-state index in [1.807, 2.05) is 0 Å². The molecule has 1 unspecified atom stereocenters. The summed E-state index contributed by atoms with van der Waals surface area (Å²) in [5, 5.41) is 6.03. The number of amides is 1. The number of carbonyl (C=O) groups excluding carboxylic acids is 1. The second-order valence-corrected chi connectivity index (χ2v) is 6.71. The summed E-state index contributed by atoms with van der Waals surface area (Å²) in [6.07, 6.45) is -0.0400. The van der Waals surface area contributed by atoms with Gasteiger partial charge in [-0.25, -0.2) is 19.8 Å². The molecule has 20 heavy (non-hydrogen) atoms. The summed E-state index contributed by atoms with van der Waals surface area (Å²) in [6.45, 7) is 0. The van der Waals surface area contributed by atoms with Crippen LogP contribution in [0.2, 0.25) is 0 Å². The third kappa shape index (κ3) is 6.70. The number of hydrogen-bond acceptors (Lipinski definition) is 7. The molecule has 112 valence electrons. The van der Waals surface area contributed by atoms with Crippen LogP contribution in [0.3, 0.4) is 0 Å². The van der Waals surface area contributed by atoms with Crippen LogP contribution in [-0.4, -0.2) is 31.0 Å². The zero-order valence-corrected chi connectivity index (χ0v) is 12.7. The van der Waals surface area contributed by atoms with Gasteiger partial charge in [-0.05, 0) is 0 Å². The number of hydrogen-bond donors (Lipinski definition) is 4. The first-order valence-electron chi connectivity index (χ1n) is 5.19. The van der Waals surface area contributed by atoms with Crippen LogP contribution in [0.4, 0.5) is 0 Å². The van der Waals surface area contributed by atoms with Crippen LogP contribution in [0.15, 0.2) is 15.9 Å². The maximum atomic E-state index is 11.3. The van der Waals surface area contributed by atoms with Gasteiger partial charge in [0.2, 0.25) is 5.91 Å². The molecule has 0 aliphatic rings. The number of rotatable bonds is 7. The fourth-order valence-corrected chi connectivity index (χ4v) is 3.24. The molecule has 0 radical (unpaired) electrons. The summed E-state index contributed by atoms with van der Waals surface area (Å²) in [4.78, 5) is 19.4. The van der Waals surface area contributed by atoms with E-state index in [4.69, 9.17) is 11.5 Å². The van der Waals surface area contributed by atoms with E-state index in [2.05, 4.69) is 15.1 Å². The van der Waals surface area contributed by atoms with Gasteiger partial charge in [0.1, 0.15) is 5.37 Å². The second kappa shape index (κ2) is 7.42. The summed E-state index contributed by atoms with van der Waals surface area (Å²) in [5.74, 6) is -0.480. The minimum Gasteiger partial charge on any atom is -0.370 e. The van der Waals surface area contributed by atoms with Crippen molar-refractivity contribution in [2.24, 2.45) is 21.6 Å². The Morgan fingerprint density at radius 2 is 2.25 bits per heavy atom. The SMILES string of the molecule is NC(N)=NC(SCCC(=O)NS(N)(=O)=O)c1cscn1. The fraction of sp³-hybridized carbons (Fsp3) is 0.375. The molecule has 1 atom stereocenters. The molecule has 0 fully saturated rings. The largest absolute Gasteiger partial charge is 0.370 e. The number of guanidine groups is 1. The smallest absolute Gasteiger partial charge is 0.298 e. The molecule has 0 aliphatic carbocycles. The molecule has 1 heterocycles. The number of aromatic nitrogens is 1. The lowest BCUT2D eigenvalue weighted by Crippen LogP contribution is -2.36. The maximum absolute atomic E-state index is 11.3. The van der Waals surface area contributed by atoms with Gasteiger partial charge in [-0.1, -0.05) is 0 Å². The zero-order chi connectivity index (χ0) is 15.2. The van der Waals surface area contributed by atoms with Gasteiger partial charge in [-0.2, -0.15) is 8.42 Å². The number of thiazole rings is 1. The third-order valence-corrected chi connectivity index (χ3v) is 4.05. The third-order valence-electron chi connectivity index (χ3n) is 1.83. The van der Waals surface area contributed by atoms with Gasteiger partial charge in [0.05, 0.1) is 11.2 Å². The zero-order valence-electron chi connectivity index (χ0n) is 10.2. The Morgan fingerprint density at radius 1 is 1.55 bits per heavy atom. The van der Waals surface area contributed by atoms with Gasteiger partial charge in [-0.15, -0.1) is 23.1 Å². The molecule has 0 saturated carbocycles. The minimum absolute atomic E-state index is 0.0400. The summed E-state index contributed by atoms with van der Waals surface area (Å²) < 4.78 is 23.0. The Hall–Kier alpha value is -1.37. The summed E-state index contributed by atoms with van der Waals surface area (Å²) in [6, 6.07) is 0. The topological polar surface area (TPSA) is 167 Å². The highest BCUT2D eigenvalue weighted by atomic mass is 32.2. The molecule has 9 nitrogen and oxygen atoms in total. The minimum atomic E-state index is -4.02. The average Bonchev–Trinajstić information content (AvgIpc) is 2.77. The average molecular weight is 338 g/mol. The van der Waals surface area contributed by atoms with Crippen molar-refractivity contribution >= 4 is 45.2 Å².